The molecule has 0 unspecified atom stereocenters. The van der Waals surface area contributed by atoms with Crippen molar-refractivity contribution < 1.29 is 14.3 Å². The molecule has 25 heavy (non-hydrogen) atoms. The SMILES string of the molecule is CCOc1ccccc1N1C(=O)N[C@@H]2C[C@]1(C)Oc1ccc(Br)cc12. The Morgan fingerprint density at radius 1 is 1.36 bits per heavy atom. The minimum atomic E-state index is -0.777. The van der Waals surface area contributed by atoms with E-state index in [-0.39, 0.29) is 12.1 Å². The summed E-state index contributed by atoms with van der Waals surface area (Å²) in [6, 6.07) is 13.2. The fraction of sp³-hybridized carbons (Fsp3) is 0.316. The smallest absolute Gasteiger partial charge is 0.325 e. The predicted octanol–water partition coefficient (Wildman–Crippen LogP) is 4.62. The number of para-hydroxylation sites is 2. The lowest BCUT2D eigenvalue weighted by Gasteiger charge is -2.50. The summed E-state index contributed by atoms with van der Waals surface area (Å²) >= 11 is 3.49. The first-order valence-corrected chi connectivity index (χ1v) is 9.12. The number of urea groups is 1. The van der Waals surface area contributed by atoms with Gasteiger partial charge in [0.15, 0.2) is 5.72 Å². The van der Waals surface area contributed by atoms with Crippen molar-refractivity contribution in [2.45, 2.75) is 32.0 Å². The first-order valence-electron chi connectivity index (χ1n) is 8.33. The first-order chi connectivity index (χ1) is 12.0. The Hall–Kier alpha value is -2.21. The van der Waals surface area contributed by atoms with Gasteiger partial charge in [0.25, 0.3) is 0 Å². The van der Waals surface area contributed by atoms with Gasteiger partial charge in [0.05, 0.1) is 18.3 Å². The standard InChI is InChI=1S/C19H19BrN2O3/c1-3-24-17-7-5-4-6-15(17)22-18(23)21-14-11-19(22,2)25-16-9-8-12(20)10-13(14)16/h4-10,14H,3,11H2,1-2H3,(H,21,23)/t14-,19+/m1/s1. The summed E-state index contributed by atoms with van der Waals surface area (Å²) in [5.74, 6) is 1.46. The molecule has 2 aromatic carbocycles. The molecule has 2 aromatic rings. The van der Waals surface area contributed by atoms with Gasteiger partial charge >= 0.3 is 6.03 Å². The molecule has 2 heterocycles. The Morgan fingerprint density at radius 3 is 2.96 bits per heavy atom. The van der Waals surface area contributed by atoms with Crippen LogP contribution >= 0.6 is 15.9 Å². The van der Waals surface area contributed by atoms with E-state index in [1.54, 1.807) is 4.90 Å². The maximum atomic E-state index is 12.9. The second-order valence-electron chi connectivity index (χ2n) is 6.40. The maximum absolute atomic E-state index is 12.9. The normalized spacial score (nSPS) is 24.2. The van der Waals surface area contributed by atoms with Gasteiger partial charge in [0.2, 0.25) is 0 Å². The molecule has 2 atom stereocenters. The number of hydrogen-bond donors (Lipinski definition) is 1. The van der Waals surface area contributed by atoms with Crippen molar-refractivity contribution in [2.24, 2.45) is 0 Å². The second kappa shape index (κ2) is 5.95. The van der Waals surface area contributed by atoms with Crippen LogP contribution in [0.5, 0.6) is 11.5 Å². The summed E-state index contributed by atoms with van der Waals surface area (Å²) in [5, 5.41) is 3.10. The molecule has 0 saturated carbocycles. The molecule has 0 aromatic heterocycles. The van der Waals surface area contributed by atoms with Crippen LogP contribution in [0.2, 0.25) is 0 Å². The van der Waals surface area contributed by atoms with E-state index in [1.165, 1.54) is 0 Å². The number of nitrogens with zero attached hydrogens (tertiary/aromatic N) is 1. The highest BCUT2D eigenvalue weighted by Crippen LogP contribution is 2.47. The number of rotatable bonds is 3. The highest BCUT2D eigenvalue weighted by Gasteiger charge is 2.50. The molecule has 2 amide bonds. The molecule has 0 aliphatic carbocycles. The number of carbonyl (C=O) groups is 1. The highest BCUT2D eigenvalue weighted by atomic mass is 79.9. The third-order valence-electron chi connectivity index (χ3n) is 4.64. The van der Waals surface area contributed by atoms with Gasteiger partial charge in [-0.15, -0.1) is 0 Å². The molecule has 0 spiro atoms. The van der Waals surface area contributed by atoms with Gasteiger partial charge in [-0.3, -0.25) is 4.90 Å². The summed E-state index contributed by atoms with van der Waals surface area (Å²) < 4.78 is 13.0. The highest BCUT2D eigenvalue weighted by molar-refractivity contribution is 9.10. The minimum Gasteiger partial charge on any atom is -0.492 e. The number of halogens is 1. The van der Waals surface area contributed by atoms with Crippen LogP contribution in [-0.2, 0) is 0 Å². The number of ether oxygens (including phenoxy) is 2. The molecule has 2 aliphatic rings. The minimum absolute atomic E-state index is 0.0748. The average Bonchev–Trinajstić information content (AvgIpc) is 2.57. The van der Waals surface area contributed by atoms with E-state index in [0.717, 1.165) is 15.8 Å². The van der Waals surface area contributed by atoms with Crippen LogP contribution < -0.4 is 19.7 Å². The van der Waals surface area contributed by atoms with Crippen LogP contribution in [0.3, 0.4) is 0 Å². The summed E-state index contributed by atoms with van der Waals surface area (Å²) in [5.41, 5.74) is 0.933. The molecule has 6 heteroatoms. The summed E-state index contributed by atoms with van der Waals surface area (Å²) in [6.45, 7) is 4.41. The van der Waals surface area contributed by atoms with Gasteiger partial charge < -0.3 is 14.8 Å². The number of amides is 2. The van der Waals surface area contributed by atoms with E-state index in [2.05, 4.69) is 21.2 Å². The molecular formula is C19H19BrN2O3. The Balaban J connectivity index is 1.80. The number of benzene rings is 2. The molecule has 1 saturated heterocycles. The molecule has 1 N–H and O–H groups in total. The lowest BCUT2D eigenvalue weighted by molar-refractivity contribution is 0.0374. The van der Waals surface area contributed by atoms with Crippen molar-refractivity contribution in [3.8, 4) is 11.5 Å². The number of anilines is 1. The average molecular weight is 403 g/mol. The van der Waals surface area contributed by atoms with Gasteiger partial charge in [-0.05, 0) is 44.2 Å². The maximum Gasteiger partial charge on any atom is 0.325 e. The molecule has 1 fully saturated rings. The molecular weight excluding hydrogens is 384 g/mol. The number of hydrogen-bond acceptors (Lipinski definition) is 3. The van der Waals surface area contributed by atoms with Crippen LogP contribution in [-0.4, -0.2) is 18.4 Å². The van der Waals surface area contributed by atoms with Crippen molar-refractivity contribution in [1.29, 1.82) is 0 Å². The summed E-state index contributed by atoms with van der Waals surface area (Å²) in [7, 11) is 0. The zero-order valence-electron chi connectivity index (χ0n) is 14.1. The van der Waals surface area contributed by atoms with Crippen LogP contribution in [0.1, 0.15) is 31.9 Å². The van der Waals surface area contributed by atoms with Crippen molar-refractivity contribution in [3.63, 3.8) is 0 Å². The lowest BCUT2D eigenvalue weighted by atomic mass is 9.90. The van der Waals surface area contributed by atoms with Gasteiger partial charge in [-0.2, -0.15) is 0 Å². The third-order valence-corrected chi connectivity index (χ3v) is 5.13. The monoisotopic (exact) mass is 402 g/mol. The molecule has 2 aliphatic heterocycles. The molecule has 4 rings (SSSR count). The fourth-order valence-corrected chi connectivity index (χ4v) is 4.01. The van der Waals surface area contributed by atoms with Crippen LogP contribution in [0, 0.1) is 0 Å². The number of fused-ring (bicyclic) bond motifs is 4. The lowest BCUT2D eigenvalue weighted by Crippen LogP contribution is -2.65. The van der Waals surface area contributed by atoms with Crippen LogP contribution in [0.15, 0.2) is 46.9 Å². The molecule has 2 bridgehead atoms. The van der Waals surface area contributed by atoms with Crippen molar-refractivity contribution >= 4 is 27.6 Å². The van der Waals surface area contributed by atoms with Gasteiger partial charge in [0.1, 0.15) is 11.5 Å². The molecule has 130 valence electrons. The topological polar surface area (TPSA) is 50.8 Å². The summed E-state index contributed by atoms with van der Waals surface area (Å²) in [4.78, 5) is 14.6. The van der Waals surface area contributed by atoms with Gasteiger partial charge in [-0.25, -0.2) is 4.79 Å². The third kappa shape index (κ3) is 2.65. The zero-order valence-corrected chi connectivity index (χ0v) is 15.7. The largest absolute Gasteiger partial charge is 0.492 e. The van der Waals surface area contributed by atoms with E-state index in [9.17, 15) is 4.79 Å². The number of nitrogens with one attached hydrogen (secondary N) is 1. The van der Waals surface area contributed by atoms with E-state index in [4.69, 9.17) is 9.47 Å². The second-order valence-corrected chi connectivity index (χ2v) is 7.32. The Bertz CT molecular complexity index is 841. The van der Waals surface area contributed by atoms with E-state index in [0.29, 0.717) is 24.5 Å². The van der Waals surface area contributed by atoms with E-state index < -0.39 is 5.72 Å². The van der Waals surface area contributed by atoms with Crippen molar-refractivity contribution in [1.82, 2.24) is 5.32 Å². The first kappa shape index (κ1) is 16.3. The fourth-order valence-electron chi connectivity index (χ4n) is 3.63. The number of carbonyl (C=O) groups excluding carboxylic acids is 1. The Morgan fingerprint density at radius 2 is 2.16 bits per heavy atom. The van der Waals surface area contributed by atoms with Crippen molar-refractivity contribution in [3.05, 3.63) is 52.5 Å². The molecule has 0 radical (unpaired) electrons. The van der Waals surface area contributed by atoms with Gasteiger partial charge in [-0.1, -0.05) is 28.1 Å². The van der Waals surface area contributed by atoms with Gasteiger partial charge in [0, 0.05) is 16.5 Å². The van der Waals surface area contributed by atoms with E-state index in [1.807, 2.05) is 56.3 Å². The summed E-state index contributed by atoms with van der Waals surface area (Å²) in [6.07, 6.45) is 0.655. The molecule has 5 nitrogen and oxygen atoms in total. The van der Waals surface area contributed by atoms with Crippen LogP contribution in [0.25, 0.3) is 0 Å². The Kier molecular flexibility index (Phi) is 3.87. The van der Waals surface area contributed by atoms with E-state index >= 15 is 0 Å². The predicted molar refractivity (Wildman–Crippen MR) is 99.2 cm³/mol. The van der Waals surface area contributed by atoms with Crippen molar-refractivity contribution in [2.75, 3.05) is 11.5 Å². The quantitative estimate of drug-likeness (QED) is 0.814. The van der Waals surface area contributed by atoms with Crippen LogP contribution in [0.4, 0.5) is 10.5 Å². The zero-order chi connectivity index (χ0) is 17.6. The Labute approximate surface area is 155 Å².